The molecule has 3 rings (SSSR count). The molecule has 1 saturated heterocycles. The summed E-state index contributed by atoms with van der Waals surface area (Å²) in [5, 5.41) is 14.4. The summed E-state index contributed by atoms with van der Waals surface area (Å²) < 4.78 is 6.49. The van der Waals surface area contributed by atoms with Gasteiger partial charge < -0.3 is 15.2 Å². The largest absolute Gasteiger partial charge is 0.476 e. The number of ether oxygens (including phenoxy) is 1. The third-order valence-electron chi connectivity index (χ3n) is 4.62. The van der Waals surface area contributed by atoms with Gasteiger partial charge in [0.2, 0.25) is 5.91 Å². The molecule has 2 aromatic rings. The Morgan fingerprint density at radius 1 is 1.35 bits per heavy atom. The first kappa shape index (κ1) is 24.3. The Morgan fingerprint density at radius 3 is 2.94 bits per heavy atom. The predicted molar refractivity (Wildman–Crippen MR) is 124 cm³/mol. The number of amides is 1. The second kappa shape index (κ2) is 12.0. The van der Waals surface area contributed by atoms with Gasteiger partial charge in [0.05, 0.1) is 22.8 Å². The summed E-state index contributed by atoms with van der Waals surface area (Å²) in [5.74, 6) is -0.337. The predicted octanol–water partition coefficient (Wildman–Crippen LogP) is 4.04. The Labute approximate surface area is 199 Å². The van der Waals surface area contributed by atoms with Crippen LogP contribution in [0.5, 0.6) is 0 Å². The van der Waals surface area contributed by atoms with Crippen LogP contribution in [0.15, 0.2) is 27.9 Å². The highest BCUT2D eigenvalue weighted by molar-refractivity contribution is 8.01. The van der Waals surface area contributed by atoms with Crippen molar-refractivity contribution >= 4 is 58.2 Å². The number of hydrogen-bond acceptors (Lipinski definition) is 7. The number of benzene rings is 1. The van der Waals surface area contributed by atoms with Gasteiger partial charge in [-0.1, -0.05) is 41.0 Å². The van der Waals surface area contributed by atoms with E-state index in [1.807, 2.05) is 12.1 Å². The number of thiazole rings is 1. The molecule has 0 unspecified atom stereocenters. The fraction of sp³-hybridized carbons (Fsp3) is 0.450. The molecule has 2 N–H and O–H groups in total. The molecule has 0 bridgehead atoms. The average Bonchev–Trinajstić information content (AvgIpc) is 3.22. The molecule has 0 saturated carbocycles. The highest BCUT2D eigenvalue weighted by atomic mass is 35.5. The molecular formula is C20H23Cl2N3O4S2. The number of aromatic carboxylic acids is 1. The van der Waals surface area contributed by atoms with Crippen molar-refractivity contribution in [3.05, 3.63) is 44.9 Å². The van der Waals surface area contributed by atoms with Crippen molar-refractivity contribution in [1.82, 2.24) is 15.2 Å². The fourth-order valence-corrected chi connectivity index (χ4v) is 5.20. The summed E-state index contributed by atoms with van der Waals surface area (Å²) in [7, 11) is 0. The standard InChI is InChI=1S/C20H23Cl2N3O4S2/c21-15-4-3-13(8-16(15)22)10-25-5-6-29-14(11-25)9-23-18(26)2-1-7-30-20-24-17(12-31-20)19(27)28/h3-4,8,12,14H,1-2,5-7,9-11H2,(H,23,26)(H,27,28)/t14-/m0/s1. The average molecular weight is 504 g/mol. The fourth-order valence-electron chi connectivity index (χ4n) is 3.07. The Hall–Kier alpha value is -1.36. The lowest BCUT2D eigenvalue weighted by Gasteiger charge is -2.33. The van der Waals surface area contributed by atoms with Gasteiger partial charge in [-0.05, 0) is 24.1 Å². The number of nitrogens with one attached hydrogen (secondary N) is 1. The van der Waals surface area contributed by atoms with Crippen molar-refractivity contribution in [2.75, 3.05) is 32.0 Å². The van der Waals surface area contributed by atoms with Gasteiger partial charge in [-0.15, -0.1) is 11.3 Å². The van der Waals surface area contributed by atoms with Crippen molar-refractivity contribution in [3.63, 3.8) is 0 Å². The number of carbonyl (C=O) groups is 2. The lowest BCUT2D eigenvalue weighted by Crippen LogP contribution is -2.47. The number of aromatic nitrogens is 1. The monoisotopic (exact) mass is 503 g/mol. The lowest BCUT2D eigenvalue weighted by atomic mass is 10.2. The minimum atomic E-state index is -1.03. The van der Waals surface area contributed by atoms with E-state index in [-0.39, 0.29) is 17.7 Å². The zero-order valence-corrected chi connectivity index (χ0v) is 19.8. The second-order valence-corrected chi connectivity index (χ2v) is 10.1. The summed E-state index contributed by atoms with van der Waals surface area (Å²) in [6.45, 7) is 3.39. The summed E-state index contributed by atoms with van der Waals surface area (Å²) in [6, 6.07) is 5.64. The quantitative estimate of drug-likeness (QED) is 0.373. The molecule has 31 heavy (non-hydrogen) atoms. The summed E-state index contributed by atoms with van der Waals surface area (Å²) in [5.41, 5.74) is 1.15. The summed E-state index contributed by atoms with van der Waals surface area (Å²) in [4.78, 5) is 29.2. The molecule has 1 aromatic heterocycles. The van der Waals surface area contributed by atoms with E-state index in [9.17, 15) is 9.59 Å². The van der Waals surface area contributed by atoms with Crippen LogP contribution in [0.1, 0.15) is 28.9 Å². The third kappa shape index (κ3) is 7.93. The van der Waals surface area contributed by atoms with Crippen LogP contribution in [0.3, 0.4) is 0 Å². The van der Waals surface area contributed by atoms with Crippen molar-refractivity contribution in [2.45, 2.75) is 29.8 Å². The van der Waals surface area contributed by atoms with E-state index in [4.69, 9.17) is 33.0 Å². The van der Waals surface area contributed by atoms with E-state index >= 15 is 0 Å². The van der Waals surface area contributed by atoms with Crippen LogP contribution >= 0.6 is 46.3 Å². The van der Waals surface area contributed by atoms with E-state index in [1.54, 1.807) is 6.07 Å². The molecule has 1 aliphatic rings. The maximum Gasteiger partial charge on any atom is 0.355 e. The SMILES string of the molecule is O=C(CCCSc1nc(C(=O)O)cs1)NC[C@H]1CN(Cc2ccc(Cl)c(Cl)c2)CCO1. The normalized spacial score (nSPS) is 16.9. The lowest BCUT2D eigenvalue weighted by molar-refractivity contribution is -0.122. The first-order valence-corrected chi connectivity index (χ1v) is 12.4. The van der Waals surface area contributed by atoms with Crippen LogP contribution in [0.2, 0.25) is 10.0 Å². The van der Waals surface area contributed by atoms with Crippen LogP contribution in [-0.4, -0.2) is 65.0 Å². The van der Waals surface area contributed by atoms with Gasteiger partial charge in [-0.25, -0.2) is 9.78 Å². The van der Waals surface area contributed by atoms with Gasteiger partial charge in [0.1, 0.15) is 0 Å². The Bertz CT molecular complexity index is 912. The van der Waals surface area contributed by atoms with Crippen LogP contribution in [0, 0.1) is 0 Å². The molecule has 1 atom stereocenters. The highest BCUT2D eigenvalue weighted by Gasteiger charge is 2.21. The van der Waals surface area contributed by atoms with E-state index in [2.05, 4.69) is 15.2 Å². The topological polar surface area (TPSA) is 91.8 Å². The zero-order valence-electron chi connectivity index (χ0n) is 16.7. The molecular weight excluding hydrogens is 481 g/mol. The second-order valence-electron chi connectivity index (χ2n) is 7.04. The number of halogens is 2. The number of morpholine rings is 1. The minimum absolute atomic E-state index is 0.0174. The van der Waals surface area contributed by atoms with Crippen LogP contribution in [-0.2, 0) is 16.1 Å². The maximum atomic E-state index is 12.1. The van der Waals surface area contributed by atoms with Gasteiger partial charge >= 0.3 is 5.97 Å². The first-order valence-electron chi connectivity index (χ1n) is 9.77. The molecule has 2 heterocycles. The number of carbonyl (C=O) groups excluding carboxylic acids is 1. The van der Waals surface area contributed by atoms with Crippen molar-refractivity contribution in [2.24, 2.45) is 0 Å². The van der Waals surface area contributed by atoms with Gasteiger partial charge in [0.25, 0.3) is 0 Å². The van der Waals surface area contributed by atoms with E-state index < -0.39 is 5.97 Å². The summed E-state index contributed by atoms with van der Waals surface area (Å²) >= 11 is 14.8. The molecule has 0 spiro atoms. The Morgan fingerprint density at radius 2 is 2.19 bits per heavy atom. The maximum absolute atomic E-state index is 12.1. The number of thioether (sulfide) groups is 1. The molecule has 1 amide bonds. The third-order valence-corrected chi connectivity index (χ3v) is 7.46. The molecule has 11 heteroatoms. The van der Waals surface area contributed by atoms with Crippen LogP contribution in [0.4, 0.5) is 0 Å². The molecule has 168 valence electrons. The van der Waals surface area contributed by atoms with E-state index in [1.165, 1.54) is 28.5 Å². The number of rotatable bonds is 10. The van der Waals surface area contributed by atoms with Crippen LogP contribution < -0.4 is 5.32 Å². The van der Waals surface area contributed by atoms with Crippen molar-refractivity contribution in [1.29, 1.82) is 0 Å². The number of hydrogen-bond donors (Lipinski definition) is 2. The Kier molecular flexibility index (Phi) is 9.43. The molecule has 7 nitrogen and oxygen atoms in total. The van der Waals surface area contributed by atoms with Crippen molar-refractivity contribution in [3.8, 4) is 0 Å². The van der Waals surface area contributed by atoms with Crippen LogP contribution in [0.25, 0.3) is 0 Å². The van der Waals surface area contributed by atoms with Gasteiger partial charge in [-0.3, -0.25) is 9.69 Å². The molecule has 1 fully saturated rings. The molecule has 0 aliphatic carbocycles. The highest BCUT2D eigenvalue weighted by Crippen LogP contribution is 2.24. The Balaban J connectivity index is 1.32. The van der Waals surface area contributed by atoms with Crippen molar-refractivity contribution < 1.29 is 19.4 Å². The molecule has 1 aliphatic heterocycles. The van der Waals surface area contributed by atoms with Gasteiger partial charge in [0.15, 0.2) is 10.0 Å². The smallest absolute Gasteiger partial charge is 0.355 e. The molecule has 0 radical (unpaired) electrons. The molecule has 1 aromatic carbocycles. The first-order chi connectivity index (χ1) is 14.9. The van der Waals surface area contributed by atoms with Gasteiger partial charge in [-0.2, -0.15) is 0 Å². The number of nitrogens with zero attached hydrogens (tertiary/aromatic N) is 2. The van der Waals surface area contributed by atoms with Gasteiger partial charge in [0, 0.05) is 43.7 Å². The number of carboxylic acids is 1. The van der Waals surface area contributed by atoms with E-state index in [0.29, 0.717) is 46.1 Å². The zero-order chi connectivity index (χ0) is 22.2. The number of carboxylic acid groups (broad SMARTS) is 1. The minimum Gasteiger partial charge on any atom is -0.476 e. The summed E-state index contributed by atoms with van der Waals surface area (Å²) in [6.07, 6.45) is 1.04. The van der Waals surface area contributed by atoms with E-state index in [0.717, 1.165) is 25.2 Å².